The molecule has 0 unspecified atom stereocenters. The Hall–Kier alpha value is -3.28. The lowest BCUT2D eigenvalue weighted by Crippen LogP contribution is -2.24. The maximum atomic E-state index is 11.2. The molecule has 0 aliphatic rings. The van der Waals surface area contributed by atoms with Crippen LogP contribution in [0.1, 0.15) is 23.6 Å². The van der Waals surface area contributed by atoms with E-state index >= 15 is 0 Å². The molecular weight excluding hydrogens is 334 g/mol. The molecule has 6 heteroatoms. The van der Waals surface area contributed by atoms with Crippen molar-refractivity contribution in [1.29, 1.82) is 0 Å². The van der Waals surface area contributed by atoms with E-state index in [1.54, 1.807) is 18.2 Å². The van der Waals surface area contributed by atoms with Crippen molar-refractivity contribution in [2.24, 2.45) is 0 Å². The second kappa shape index (κ2) is 8.71. The van der Waals surface area contributed by atoms with E-state index in [4.69, 9.17) is 14.6 Å². The summed E-state index contributed by atoms with van der Waals surface area (Å²) in [5, 5.41) is 11.4. The monoisotopic (exact) mass is 355 g/mol. The van der Waals surface area contributed by atoms with Crippen LogP contribution in [-0.2, 0) is 16.2 Å². The molecule has 0 bridgehead atoms. The summed E-state index contributed by atoms with van der Waals surface area (Å²) in [6.07, 6.45) is 1.36. The molecule has 2 aromatic rings. The molecule has 0 fully saturated rings. The summed E-state index contributed by atoms with van der Waals surface area (Å²) in [5.74, 6) is -0.660. The normalized spacial score (nSPS) is 11.0. The minimum absolute atomic E-state index is 0.215. The molecule has 1 amide bonds. The van der Waals surface area contributed by atoms with Gasteiger partial charge in [-0.25, -0.2) is 4.79 Å². The van der Waals surface area contributed by atoms with Crippen LogP contribution in [0, 0.1) is 6.92 Å². The van der Waals surface area contributed by atoms with Gasteiger partial charge in [0.05, 0.1) is 7.11 Å². The predicted octanol–water partition coefficient (Wildman–Crippen LogP) is 3.14. The Kier molecular flexibility index (Phi) is 6.38. The Morgan fingerprint density at radius 3 is 2.50 bits per heavy atom. The van der Waals surface area contributed by atoms with Gasteiger partial charge in [-0.2, -0.15) is 0 Å². The van der Waals surface area contributed by atoms with Crippen molar-refractivity contribution in [3.8, 4) is 11.5 Å². The first kappa shape index (κ1) is 19.1. The fourth-order valence-electron chi connectivity index (χ4n) is 2.33. The van der Waals surface area contributed by atoms with Gasteiger partial charge in [-0.15, -0.1) is 0 Å². The van der Waals surface area contributed by atoms with Gasteiger partial charge in [-0.1, -0.05) is 30.3 Å². The molecule has 2 rings (SSSR count). The Balaban J connectivity index is 2.22. The number of ether oxygens (including phenoxy) is 2. The maximum Gasteiger partial charge on any atom is 0.352 e. The summed E-state index contributed by atoms with van der Waals surface area (Å²) >= 11 is 0. The molecule has 0 heterocycles. The molecule has 0 spiro atoms. The van der Waals surface area contributed by atoms with Gasteiger partial charge in [0.1, 0.15) is 12.3 Å². The topological polar surface area (TPSA) is 84.9 Å². The van der Waals surface area contributed by atoms with E-state index in [1.807, 2.05) is 31.2 Å². The van der Waals surface area contributed by atoms with Crippen LogP contribution >= 0.6 is 0 Å². The molecule has 26 heavy (non-hydrogen) atoms. The fraction of sp³-hybridized carbons (Fsp3) is 0.200. The number of carbonyl (C=O) groups excluding carboxylic acids is 1. The van der Waals surface area contributed by atoms with E-state index in [9.17, 15) is 9.59 Å². The van der Waals surface area contributed by atoms with E-state index in [1.165, 1.54) is 20.1 Å². The molecule has 0 atom stereocenters. The SMILES string of the molecule is COc1cc(C=C(NC(C)=O)C(=O)O)ccc1OCc1ccccc1C. The third-order valence-electron chi connectivity index (χ3n) is 3.68. The number of carbonyl (C=O) groups is 2. The number of carboxylic acids is 1. The molecule has 0 saturated heterocycles. The molecule has 2 N–H and O–H groups in total. The summed E-state index contributed by atoms with van der Waals surface area (Å²) in [7, 11) is 1.51. The van der Waals surface area contributed by atoms with Gasteiger partial charge in [0, 0.05) is 6.92 Å². The number of rotatable bonds is 7. The number of aliphatic carboxylic acids is 1. The summed E-state index contributed by atoms with van der Waals surface area (Å²) in [6, 6.07) is 13.0. The quantitative estimate of drug-likeness (QED) is 0.745. The van der Waals surface area contributed by atoms with Crippen molar-refractivity contribution in [3.63, 3.8) is 0 Å². The number of carboxylic acid groups (broad SMARTS) is 1. The fourth-order valence-corrected chi connectivity index (χ4v) is 2.33. The molecule has 136 valence electrons. The van der Waals surface area contributed by atoms with Gasteiger partial charge >= 0.3 is 5.97 Å². The Morgan fingerprint density at radius 1 is 1.15 bits per heavy atom. The standard InChI is InChI=1S/C20H21NO5/c1-13-6-4-5-7-16(13)12-26-18-9-8-15(11-19(18)25-3)10-17(20(23)24)21-14(2)22/h4-11H,12H2,1-3H3,(H,21,22)(H,23,24). The van der Waals surface area contributed by atoms with Crippen LogP contribution in [0.4, 0.5) is 0 Å². The minimum Gasteiger partial charge on any atom is -0.493 e. The highest BCUT2D eigenvalue weighted by atomic mass is 16.5. The summed E-state index contributed by atoms with van der Waals surface area (Å²) < 4.78 is 11.2. The van der Waals surface area contributed by atoms with Crippen LogP contribution in [0.2, 0.25) is 0 Å². The third kappa shape index (κ3) is 5.11. The first-order valence-corrected chi connectivity index (χ1v) is 7.98. The average Bonchev–Trinajstić information content (AvgIpc) is 2.60. The summed E-state index contributed by atoms with van der Waals surface area (Å²) in [6.45, 7) is 3.66. The van der Waals surface area contributed by atoms with Crippen LogP contribution in [0.5, 0.6) is 11.5 Å². The predicted molar refractivity (Wildman–Crippen MR) is 97.9 cm³/mol. The molecule has 0 radical (unpaired) electrons. The Morgan fingerprint density at radius 2 is 1.88 bits per heavy atom. The van der Waals surface area contributed by atoms with Gasteiger partial charge in [0.2, 0.25) is 5.91 Å². The first-order chi connectivity index (χ1) is 12.4. The van der Waals surface area contributed by atoms with Crippen molar-refractivity contribution >= 4 is 18.0 Å². The number of hydrogen-bond acceptors (Lipinski definition) is 4. The third-order valence-corrected chi connectivity index (χ3v) is 3.68. The van der Waals surface area contributed by atoms with Crippen molar-refractivity contribution in [2.45, 2.75) is 20.5 Å². The van der Waals surface area contributed by atoms with Crippen molar-refractivity contribution in [2.75, 3.05) is 7.11 Å². The first-order valence-electron chi connectivity index (χ1n) is 7.98. The molecule has 2 aromatic carbocycles. The zero-order chi connectivity index (χ0) is 19.1. The molecule has 0 aliphatic carbocycles. The van der Waals surface area contributed by atoms with Crippen LogP contribution in [0.15, 0.2) is 48.2 Å². The largest absolute Gasteiger partial charge is 0.493 e. The van der Waals surface area contributed by atoms with E-state index < -0.39 is 11.9 Å². The lowest BCUT2D eigenvalue weighted by atomic mass is 10.1. The maximum absolute atomic E-state index is 11.2. The number of nitrogens with one attached hydrogen (secondary N) is 1. The second-order valence-electron chi connectivity index (χ2n) is 5.67. The molecule has 6 nitrogen and oxygen atoms in total. The second-order valence-corrected chi connectivity index (χ2v) is 5.67. The van der Waals surface area contributed by atoms with Crippen LogP contribution in [0.3, 0.4) is 0 Å². The Labute approximate surface area is 152 Å². The number of methoxy groups -OCH3 is 1. The molecule has 0 aliphatic heterocycles. The lowest BCUT2D eigenvalue weighted by Gasteiger charge is -2.13. The van der Waals surface area contributed by atoms with Gasteiger partial charge in [-0.3, -0.25) is 4.79 Å². The summed E-state index contributed by atoms with van der Waals surface area (Å²) in [4.78, 5) is 22.3. The minimum atomic E-state index is -1.22. The highest BCUT2D eigenvalue weighted by Crippen LogP contribution is 2.29. The molecule has 0 saturated carbocycles. The van der Waals surface area contributed by atoms with E-state index in [2.05, 4.69) is 5.32 Å². The molecule has 0 aromatic heterocycles. The van der Waals surface area contributed by atoms with E-state index in [0.717, 1.165) is 11.1 Å². The van der Waals surface area contributed by atoms with Gasteiger partial charge < -0.3 is 19.9 Å². The van der Waals surface area contributed by atoms with Crippen LogP contribution in [0.25, 0.3) is 6.08 Å². The zero-order valence-electron chi connectivity index (χ0n) is 14.9. The number of aryl methyl sites for hydroxylation is 1. The number of amides is 1. The smallest absolute Gasteiger partial charge is 0.352 e. The summed E-state index contributed by atoms with van der Waals surface area (Å²) in [5.41, 5.74) is 2.55. The van der Waals surface area contributed by atoms with Crippen molar-refractivity contribution in [1.82, 2.24) is 5.32 Å². The molecular formula is C20H21NO5. The van der Waals surface area contributed by atoms with Crippen molar-refractivity contribution in [3.05, 3.63) is 64.9 Å². The lowest BCUT2D eigenvalue weighted by molar-refractivity contribution is -0.134. The number of hydrogen-bond donors (Lipinski definition) is 2. The number of benzene rings is 2. The zero-order valence-corrected chi connectivity index (χ0v) is 14.9. The van der Waals surface area contributed by atoms with Crippen LogP contribution < -0.4 is 14.8 Å². The van der Waals surface area contributed by atoms with E-state index in [0.29, 0.717) is 23.7 Å². The van der Waals surface area contributed by atoms with Gasteiger partial charge in [-0.05, 0) is 41.8 Å². The van der Waals surface area contributed by atoms with Gasteiger partial charge in [0.25, 0.3) is 0 Å². The van der Waals surface area contributed by atoms with Gasteiger partial charge in [0.15, 0.2) is 11.5 Å². The van der Waals surface area contributed by atoms with Crippen molar-refractivity contribution < 1.29 is 24.2 Å². The highest BCUT2D eigenvalue weighted by molar-refractivity contribution is 5.96. The Bertz CT molecular complexity index is 842. The van der Waals surface area contributed by atoms with Crippen LogP contribution in [-0.4, -0.2) is 24.1 Å². The highest BCUT2D eigenvalue weighted by Gasteiger charge is 2.11. The van der Waals surface area contributed by atoms with E-state index in [-0.39, 0.29) is 5.70 Å². The average molecular weight is 355 g/mol.